The van der Waals surface area contributed by atoms with E-state index in [0.717, 1.165) is 17.0 Å². The normalized spacial score (nSPS) is 12.0. The van der Waals surface area contributed by atoms with Crippen LogP contribution in [-0.4, -0.2) is 13.2 Å². The van der Waals surface area contributed by atoms with E-state index < -0.39 is 0 Å². The molecule has 0 spiro atoms. The van der Waals surface area contributed by atoms with E-state index in [2.05, 4.69) is 5.32 Å². The zero-order valence-corrected chi connectivity index (χ0v) is 12.2. The number of halogens is 2. The Labute approximate surface area is 123 Å². The van der Waals surface area contributed by atoms with Gasteiger partial charge in [0.25, 0.3) is 0 Å². The van der Waals surface area contributed by atoms with Gasteiger partial charge in [-0.25, -0.2) is 4.39 Å². The first-order valence-corrected chi connectivity index (χ1v) is 6.81. The second kappa shape index (κ2) is 6.62. The molecule has 0 amide bonds. The van der Waals surface area contributed by atoms with E-state index in [1.54, 1.807) is 25.3 Å². The number of rotatable bonds is 5. The summed E-state index contributed by atoms with van der Waals surface area (Å²) in [5.74, 6) is 0.531. The summed E-state index contributed by atoms with van der Waals surface area (Å²) in [5, 5.41) is 3.95. The molecule has 2 rings (SSSR count). The first-order chi connectivity index (χ1) is 9.58. The van der Waals surface area contributed by atoms with E-state index in [1.807, 2.05) is 25.1 Å². The molecule has 106 valence electrons. The standard InChI is InChI=1S/C16H17ClFNO/c1-11(8-12-4-3-5-13(18)9-12)19-16-10-14(20-2)6-7-15(16)17/h3-7,9-11,19H,8H2,1-2H3. The van der Waals surface area contributed by atoms with Gasteiger partial charge in [0.15, 0.2) is 0 Å². The summed E-state index contributed by atoms with van der Waals surface area (Å²) in [4.78, 5) is 0. The zero-order valence-electron chi connectivity index (χ0n) is 11.5. The molecular weight excluding hydrogens is 277 g/mol. The van der Waals surface area contributed by atoms with Crippen molar-refractivity contribution in [2.24, 2.45) is 0 Å². The van der Waals surface area contributed by atoms with Crippen molar-refractivity contribution in [2.45, 2.75) is 19.4 Å². The minimum absolute atomic E-state index is 0.126. The molecule has 0 saturated heterocycles. The summed E-state index contributed by atoms with van der Waals surface area (Å²) in [7, 11) is 1.61. The largest absolute Gasteiger partial charge is 0.497 e. The number of methoxy groups -OCH3 is 1. The molecule has 2 nitrogen and oxygen atoms in total. The maximum absolute atomic E-state index is 13.1. The molecule has 2 aromatic rings. The first kappa shape index (κ1) is 14.7. The van der Waals surface area contributed by atoms with Crippen LogP contribution in [0.15, 0.2) is 42.5 Å². The van der Waals surface area contributed by atoms with E-state index >= 15 is 0 Å². The van der Waals surface area contributed by atoms with Crippen LogP contribution in [0.4, 0.5) is 10.1 Å². The maximum Gasteiger partial charge on any atom is 0.123 e. The topological polar surface area (TPSA) is 21.3 Å². The molecule has 1 N–H and O–H groups in total. The fourth-order valence-electron chi connectivity index (χ4n) is 2.08. The van der Waals surface area contributed by atoms with Gasteiger partial charge in [-0.05, 0) is 43.2 Å². The third kappa shape index (κ3) is 3.87. The van der Waals surface area contributed by atoms with Gasteiger partial charge in [0, 0.05) is 12.1 Å². The van der Waals surface area contributed by atoms with E-state index in [1.165, 1.54) is 6.07 Å². The average molecular weight is 294 g/mol. The van der Waals surface area contributed by atoms with E-state index in [9.17, 15) is 4.39 Å². The van der Waals surface area contributed by atoms with Crippen LogP contribution in [0.1, 0.15) is 12.5 Å². The Morgan fingerprint density at radius 2 is 2.05 bits per heavy atom. The molecule has 0 aliphatic rings. The van der Waals surface area contributed by atoms with Gasteiger partial charge in [0.1, 0.15) is 11.6 Å². The smallest absolute Gasteiger partial charge is 0.123 e. The Hall–Kier alpha value is -1.74. The Morgan fingerprint density at radius 1 is 1.25 bits per heavy atom. The van der Waals surface area contributed by atoms with Gasteiger partial charge in [-0.3, -0.25) is 0 Å². The van der Waals surface area contributed by atoms with Crippen molar-refractivity contribution in [1.82, 2.24) is 0 Å². The van der Waals surface area contributed by atoms with Crippen LogP contribution in [0.5, 0.6) is 5.75 Å². The number of hydrogen-bond acceptors (Lipinski definition) is 2. The van der Waals surface area contributed by atoms with Crippen molar-refractivity contribution in [3.8, 4) is 5.75 Å². The van der Waals surface area contributed by atoms with Crippen molar-refractivity contribution in [1.29, 1.82) is 0 Å². The lowest BCUT2D eigenvalue weighted by molar-refractivity contribution is 0.415. The van der Waals surface area contributed by atoms with Crippen LogP contribution in [0.2, 0.25) is 5.02 Å². The number of hydrogen-bond donors (Lipinski definition) is 1. The second-order valence-electron chi connectivity index (χ2n) is 4.73. The molecule has 2 aromatic carbocycles. The summed E-state index contributed by atoms with van der Waals surface area (Å²) in [6, 6.07) is 12.2. The highest BCUT2D eigenvalue weighted by molar-refractivity contribution is 6.33. The van der Waals surface area contributed by atoms with Crippen LogP contribution in [-0.2, 0) is 6.42 Å². The molecule has 0 saturated carbocycles. The average Bonchev–Trinajstić information content (AvgIpc) is 2.41. The van der Waals surface area contributed by atoms with Crippen molar-refractivity contribution in [3.05, 3.63) is 58.9 Å². The third-order valence-corrected chi connectivity index (χ3v) is 3.34. The molecule has 0 aromatic heterocycles. The molecular formula is C16H17ClFNO. The lowest BCUT2D eigenvalue weighted by Crippen LogP contribution is -2.18. The minimum atomic E-state index is -0.214. The van der Waals surface area contributed by atoms with Crippen LogP contribution in [0.3, 0.4) is 0 Å². The monoisotopic (exact) mass is 293 g/mol. The first-order valence-electron chi connectivity index (χ1n) is 6.43. The van der Waals surface area contributed by atoms with Crippen molar-refractivity contribution >= 4 is 17.3 Å². The molecule has 0 aliphatic heterocycles. The van der Waals surface area contributed by atoms with Crippen molar-refractivity contribution in [2.75, 3.05) is 12.4 Å². The van der Waals surface area contributed by atoms with Crippen LogP contribution in [0.25, 0.3) is 0 Å². The van der Waals surface area contributed by atoms with Gasteiger partial charge in [0.2, 0.25) is 0 Å². The highest BCUT2D eigenvalue weighted by atomic mass is 35.5. The number of ether oxygens (including phenoxy) is 1. The van der Waals surface area contributed by atoms with Gasteiger partial charge in [-0.1, -0.05) is 23.7 Å². The lowest BCUT2D eigenvalue weighted by Gasteiger charge is -2.17. The Balaban J connectivity index is 2.06. The van der Waals surface area contributed by atoms with Crippen LogP contribution in [0, 0.1) is 5.82 Å². The predicted molar refractivity (Wildman–Crippen MR) is 81.2 cm³/mol. The molecule has 0 aliphatic carbocycles. The van der Waals surface area contributed by atoms with Crippen LogP contribution >= 0.6 is 11.6 Å². The molecule has 1 unspecified atom stereocenters. The van der Waals surface area contributed by atoms with E-state index in [-0.39, 0.29) is 11.9 Å². The molecule has 0 fully saturated rings. The quantitative estimate of drug-likeness (QED) is 0.874. The Bertz CT molecular complexity index is 588. The second-order valence-corrected chi connectivity index (χ2v) is 5.13. The van der Waals surface area contributed by atoms with Crippen LogP contribution < -0.4 is 10.1 Å². The molecule has 20 heavy (non-hydrogen) atoms. The zero-order chi connectivity index (χ0) is 14.5. The minimum Gasteiger partial charge on any atom is -0.497 e. The Kier molecular flexibility index (Phi) is 4.85. The predicted octanol–water partition coefficient (Wildman–Crippen LogP) is 4.53. The summed E-state index contributed by atoms with van der Waals surface area (Å²) in [6.45, 7) is 2.03. The highest BCUT2D eigenvalue weighted by Crippen LogP contribution is 2.27. The highest BCUT2D eigenvalue weighted by Gasteiger charge is 2.08. The summed E-state index contributed by atoms with van der Waals surface area (Å²) in [5.41, 5.74) is 1.76. The van der Waals surface area contributed by atoms with Crippen molar-refractivity contribution < 1.29 is 9.13 Å². The molecule has 0 radical (unpaired) electrons. The summed E-state index contributed by atoms with van der Waals surface area (Å²) >= 11 is 6.15. The van der Waals surface area contributed by atoms with E-state index in [4.69, 9.17) is 16.3 Å². The third-order valence-electron chi connectivity index (χ3n) is 3.01. The molecule has 4 heteroatoms. The summed E-state index contributed by atoms with van der Waals surface area (Å²) < 4.78 is 18.3. The van der Waals surface area contributed by atoms with Gasteiger partial charge < -0.3 is 10.1 Å². The van der Waals surface area contributed by atoms with Gasteiger partial charge in [-0.2, -0.15) is 0 Å². The van der Waals surface area contributed by atoms with Gasteiger partial charge in [-0.15, -0.1) is 0 Å². The van der Waals surface area contributed by atoms with Gasteiger partial charge >= 0.3 is 0 Å². The fourth-order valence-corrected chi connectivity index (χ4v) is 2.25. The molecule has 1 atom stereocenters. The molecule has 0 heterocycles. The maximum atomic E-state index is 13.1. The summed E-state index contributed by atoms with van der Waals surface area (Å²) in [6.07, 6.45) is 0.714. The number of anilines is 1. The number of benzene rings is 2. The van der Waals surface area contributed by atoms with Crippen molar-refractivity contribution in [3.63, 3.8) is 0 Å². The van der Waals surface area contributed by atoms with Gasteiger partial charge in [0.05, 0.1) is 17.8 Å². The SMILES string of the molecule is COc1ccc(Cl)c(NC(C)Cc2cccc(F)c2)c1. The molecule has 0 bridgehead atoms. The van der Waals surface area contributed by atoms with E-state index in [0.29, 0.717) is 11.4 Å². The fraction of sp³-hybridized carbons (Fsp3) is 0.250. The lowest BCUT2D eigenvalue weighted by atomic mass is 10.1. The Morgan fingerprint density at radius 3 is 2.75 bits per heavy atom. The number of nitrogens with one attached hydrogen (secondary N) is 1.